The third kappa shape index (κ3) is 6.89. The molecule has 0 spiro atoms. The van der Waals surface area contributed by atoms with E-state index in [-0.39, 0.29) is 29.0 Å². The van der Waals surface area contributed by atoms with Crippen molar-refractivity contribution in [1.29, 1.82) is 5.26 Å². The first-order valence-electron chi connectivity index (χ1n) is 17.5. The Labute approximate surface area is 321 Å². The topological polar surface area (TPSA) is 127 Å². The van der Waals surface area contributed by atoms with Crippen molar-refractivity contribution in [1.82, 2.24) is 4.98 Å². The molecule has 2 amide bonds. The molecule has 1 fully saturated rings. The SMILES string of the molecule is COc1ccc(-c2cc(-c3ccccc3)nc(SC3CC(=O)N(c4ccc(C(=O)OCC(=O)c5ccc6c(c5)Cc5ccccc5-6)cc4)C3=O)c2C#N)cc1. The van der Waals surface area contributed by atoms with Gasteiger partial charge in [-0.3, -0.25) is 14.4 Å². The van der Waals surface area contributed by atoms with Crippen LogP contribution < -0.4 is 9.64 Å². The number of fused-ring (bicyclic) bond motifs is 3. The molecule has 5 aromatic carbocycles. The number of anilines is 1. The number of thioether (sulfide) groups is 1. The average Bonchev–Trinajstić information content (AvgIpc) is 3.74. The minimum atomic E-state index is -0.842. The third-order valence-corrected chi connectivity index (χ3v) is 10.9. The Morgan fingerprint density at radius 1 is 0.800 bits per heavy atom. The number of pyridine rings is 1. The second kappa shape index (κ2) is 14.9. The molecule has 1 atom stereocenters. The van der Waals surface area contributed by atoms with Gasteiger partial charge in [0.2, 0.25) is 11.8 Å². The summed E-state index contributed by atoms with van der Waals surface area (Å²) in [5, 5.41) is 9.85. The molecule has 1 unspecified atom stereocenters. The molecule has 1 aromatic heterocycles. The second-order valence-corrected chi connectivity index (χ2v) is 14.3. The molecule has 55 heavy (non-hydrogen) atoms. The van der Waals surface area contributed by atoms with Crippen molar-refractivity contribution < 1.29 is 28.7 Å². The molecule has 1 aliphatic carbocycles. The van der Waals surface area contributed by atoms with Crippen molar-refractivity contribution in [3.8, 4) is 45.3 Å². The molecule has 10 heteroatoms. The summed E-state index contributed by atoms with van der Waals surface area (Å²) in [5.41, 5.74) is 8.59. The van der Waals surface area contributed by atoms with Crippen molar-refractivity contribution >= 4 is 41.0 Å². The minimum absolute atomic E-state index is 0.107. The summed E-state index contributed by atoms with van der Waals surface area (Å²) in [4.78, 5) is 58.9. The number of hydrogen-bond donors (Lipinski definition) is 0. The van der Waals surface area contributed by atoms with E-state index in [9.17, 15) is 24.4 Å². The van der Waals surface area contributed by atoms with Gasteiger partial charge in [0.25, 0.3) is 0 Å². The smallest absolute Gasteiger partial charge is 0.338 e. The van der Waals surface area contributed by atoms with Crippen LogP contribution in [0.5, 0.6) is 5.75 Å². The first-order valence-corrected chi connectivity index (χ1v) is 18.4. The summed E-state index contributed by atoms with van der Waals surface area (Å²) in [6.45, 7) is -0.432. The molecule has 0 bridgehead atoms. The van der Waals surface area contributed by atoms with E-state index in [1.54, 1.807) is 13.2 Å². The van der Waals surface area contributed by atoms with Crippen molar-refractivity contribution in [3.05, 3.63) is 155 Å². The highest BCUT2D eigenvalue weighted by Gasteiger charge is 2.41. The normalized spacial score (nSPS) is 14.3. The van der Waals surface area contributed by atoms with E-state index in [0.29, 0.717) is 27.6 Å². The molecule has 2 aliphatic rings. The van der Waals surface area contributed by atoms with Gasteiger partial charge in [0.15, 0.2) is 12.4 Å². The number of esters is 1. The lowest BCUT2D eigenvalue weighted by molar-refractivity contribution is -0.121. The van der Waals surface area contributed by atoms with E-state index in [2.05, 4.69) is 18.2 Å². The van der Waals surface area contributed by atoms with E-state index in [1.165, 1.54) is 29.8 Å². The highest BCUT2D eigenvalue weighted by atomic mass is 32.2. The summed E-state index contributed by atoms with van der Waals surface area (Å²) < 4.78 is 10.7. The van der Waals surface area contributed by atoms with Crippen LogP contribution in [0.4, 0.5) is 5.69 Å². The molecule has 0 saturated carbocycles. The summed E-state index contributed by atoms with van der Waals surface area (Å²) in [6.07, 6.45) is 0.634. The van der Waals surface area contributed by atoms with E-state index in [0.717, 1.165) is 50.9 Å². The van der Waals surface area contributed by atoms with Gasteiger partial charge < -0.3 is 9.47 Å². The lowest BCUT2D eigenvalue weighted by Gasteiger charge is -2.16. The lowest BCUT2D eigenvalue weighted by Crippen LogP contribution is -2.31. The van der Waals surface area contributed by atoms with Crippen LogP contribution in [0.15, 0.2) is 132 Å². The zero-order valence-electron chi connectivity index (χ0n) is 29.5. The maximum atomic E-state index is 13.8. The lowest BCUT2D eigenvalue weighted by atomic mass is 9.99. The van der Waals surface area contributed by atoms with Crippen LogP contribution in [-0.4, -0.2) is 47.5 Å². The second-order valence-electron chi connectivity index (χ2n) is 13.1. The fraction of sp³-hybridized carbons (Fsp3) is 0.111. The highest BCUT2D eigenvalue weighted by molar-refractivity contribution is 8.00. The van der Waals surface area contributed by atoms with Gasteiger partial charge in [-0.05, 0) is 82.8 Å². The first-order chi connectivity index (χ1) is 26.8. The third-order valence-electron chi connectivity index (χ3n) is 9.74. The van der Waals surface area contributed by atoms with E-state index in [4.69, 9.17) is 14.5 Å². The molecule has 1 saturated heterocycles. The monoisotopic (exact) mass is 741 g/mol. The number of rotatable bonds is 10. The van der Waals surface area contributed by atoms with Crippen LogP contribution in [0.2, 0.25) is 0 Å². The number of hydrogen-bond acceptors (Lipinski definition) is 9. The van der Waals surface area contributed by atoms with Crippen molar-refractivity contribution in [2.75, 3.05) is 18.6 Å². The Morgan fingerprint density at radius 3 is 2.25 bits per heavy atom. The predicted molar refractivity (Wildman–Crippen MR) is 209 cm³/mol. The first kappa shape index (κ1) is 35.2. The number of ketones is 1. The van der Waals surface area contributed by atoms with Crippen LogP contribution in [0.3, 0.4) is 0 Å². The fourth-order valence-electron chi connectivity index (χ4n) is 6.94. The molecule has 2 heterocycles. The van der Waals surface area contributed by atoms with E-state index in [1.807, 2.05) is 84.9 Å². The summed E-state index contributed by atoms with van der Waals surface area (Å²) in [5.74, 6) is -1.24. The number of Topliss-reactive ketones (excluding diaryl/α,β-unsaturated/α-hetero) is 1. The predicted octanol–water partition coefficient (Wildman–Crippen LogP) is 8.33. The van der Waals surface area contributed by atoms with Gasteiger partial charge in [-0.2, -0.15) is 5.26 Å². The molecule has 0 radical (unpaired) electrons. The molecule has 0 N–H and O–H groups in total. The Kier molecular flexibility index (Phi) is 9.53. The van der Waals surface area contributed by atoms with Gasteiger partial charge in [-0.1, -0.05) is 90.6 Å². The number of methoxy groups -OCH3 is 1. The van der Waals surface area contributed by atoms with Crippen LogP contribution in [0, 0.1) is 11.3 Å². The van der Waals surface area contributed by atoms with E-state index >= 15 is 0 Å². The molecule has 8 rings (SSSR count). The molecule has 1 aliphatic heterocycles. The Bertz CT molecular complexity index is 2550. The largest absolute Gasteiger partial charge is 0.497 e. The summed E-state index contributed by atoms with van der Waals surface area (Å²) >= 11 is 1.08. The van der Waals surface area contributed by atoms with Crippen LogP contribution >= 0.6 is 11.8 Å². The van der Waals surface area contributed by atoms with Crippen LogP contribution in [0.1, 0.15) is 43.8 Å². The van der Waals surface area contributed by atoms with Crippen LogP contribution in [0.25, 0.3) is 33.5 Å². The summed E-state index contributed by atoms with van der Waals surface area (Å²) in [7, 11) is 1.58. The van der Waals surface area contributed by atoms with E-state index < -0.39 is 29.6 Å². The fourth-order valence-corrected chi connectivity index (χ4v) is 8.06. The number of aromatic nitrogens is 1. The zero-order chi connectivity index (χ0) is 38.1. The van der Waals surface area contributed by atoms with Gasteiger partial charge in [0.1, 0.15) is 16.8 Å². The molecule has 268 valence electrons. The molecule has 9 nitrogen and oxygen atoms in total. The minimum Gasteiger partial charge on any atom is -0.497 e. The quantitative estimate of drug-likeness (QED) is 0.0773. The number of carbonyl (C=O) groups excluding carboxylic acids is 4. The van der Waals surface area contributed by atoms with Gasteiger partial charge in [-0.25, -0.2) is 14.7 Å². The summed E-state index contributed by atoms with van der Waals surface area (Å²) in [6, 6.07) is 40.5. The molecular weight excluding hydrogens is 711 g/mol. The Balaban J connectivity index is 0.964. The van der Waals surface area contributed by atoms with Gasteiger partial charge in [-0.15, -0.1) is 0 Å². The standard InChI is InChI=1S/C45H31N3O6S/c1-53-34-18-13-27(14-19-34)37-23-39(28-7-3-2-4-8-28)47-43(38(37)25-46)55-41-24-42(50)48(44(41)51)33-16-11-29(12-17-33)45(52)54-26-40(49)31-15-20-36-32(22-31)21-30-9-5-6-10-35(30)36/h2-20,22-23,41H,21,24,26H2,1H3. The van der Waals surface area contributed by atoms with Gasteiger partial charge in [0, 0.05) is 23.1 Å². The van der Waals surface area contributed by atoms with Gasteiger partial charge >= 0.3 is 5.97 Å². The number of amides is 2. The average molecular weight is 742 g/mol. The molecule has 6 aromatic rings. The Morgan fingerprint density at radius 2 is 1.51 bits per heavy atom. The van der Waals surface area contributed by atoms with Crippen molar-refractivity contribution in [2.24, 2.45) is 0 Å². The number of nitrogens with zero attached hydrogens (tertiary/aromatic N) is 3. The number of benzene rings is 5. The van der Waals surface area contributed by atoms with Crippen LogP contribution in [-0.2, 0) is 20.7 Å². The van der Waals surface area contributed by atoms with Crippen molar-refractivity contribution in [3.63, 3.8) is 0 Å². The van der Waals surface area contributed by atoms with Crippen molar-refractivity contribution in [2.45, 2.75) is 23.1 Å². The van der Waals surface area contributed by atoms with Gasteiger partial charge in [0.05, 0.1) is 34.9 Å². The molecular formula is C45H31N3O6S. The number of imide groups is 1. The highest BCUT2D eigenvalue weighted by Crippen LogP contribution is 2.40. The zero-order valence-corrected chi connectivity index (χ0v) is 30.3. The number of nitriles is 1. The Hall–Kier alpha value is -6.83. The maximum absolute atomic E-state index is 13.8. The number of carbonyl (C=O) groups is 4. The maximum Gasteiger partial charge on any atom is 0.338 e. The number of ether oxygens (including phenoxy) is 2.